The Hall–Kier alpha value is -2.96. The zero-order valence-electron chi connectivity index (χ0n) is 15.8. The normalized spacial score (nSPS) is 11.6. The fourth-order valence-corrected chi connectivity index (χ4v) is 2.71. The second-order valence-corrected chi connectivity index (χ2v) is 7.08. The van der Waals surface area contributed by atoms with Gasteiger partial charge in [-0.3, -0.25) is 14.2 Å². The van der Waals surface area contributed by atoms with Gasteiger partial charge in [0, 0.05) is 36.5 Å². The third-order valence-corrected chi connectivity index (χ3v) is 4.55. The van der Waals surface area contributed by atoms with Crippen molar-refractivity contribution >= 4 is 17.4 Å². The summed E-state index contributed by atoms with van der Waals surface area (Å²) < 4.78 is 15.1. The molecule has 0 radical (unpaired) electrons. The second-order valence-electron chi connectivity index (χ2n) is 7.08. The van der Waals surface area contributed by atoms with E-state index in [1.54, 1.807) is 30.7 Å². The standard InChI is InChI=1S/C20H24FN5O/c1-4-20(2,3)25-17(27)9-10-23-19-18(14-5-7-15(21)8-6-14)24-16-13-22-11-12-26(16)19/h5-8,11-13,23H,4,9-10H2,1-3H3,(H,25,27). The molecule has 27 heavy (non-hydrogen) atoms. The largest absolute Gasteiger partial charge is 0.369 e. The van der Waals surface area contributed by atoms with E-state index in [-0.39, 0.29) is 17.3 Å². The lowest BCUT2D eigenvalue weighted by atomic mass is 10.0. The van der Waals surface area contributed by atoms with Gasteiger partial charge in [0.25, 0.3) is 0 Å². The van der Waals surface area contributed by atoms with Crippen LogP contribution in [0.5, 0.6) is 0 Å². The first-order valence-corrected chi connectivity index (χ1v) is 9.02. The van der Waals surface area contributed by atoms with Crippen molar-refractivity contribution in [2.45, 2.75) is 39.2 Å². The molecular formula is C20H24FN5O. The minimum atomic E-state index is -0.297. The van der Waals surface area contributed by atoms with E-state index < -0.39 is 0 Å². The highest BCUT2D eigenvalue weighted by atomic mass is 19.1. The Morgan fingerprint density at radius 2 is 2.00 bits per heavy atom. The van der Waals surface area contributed by atoms with Crippen LogP contribution in [0.15, 0.2) is 42.9 Å². The molecule has 3 aromatic rings. The number of fused-ring (bicyclic) bond motifs is 1. The molecular weight excluding hydrogens is 345 g/mol. The van der Waals surface area contributed by atoms with Gasteiger partial charge in [-0.25, -0.2) is 9.37 Å². The molecule has 0 unspecified atom stereocenters. The molecule has 142 valence electrons. The number of halogens is 1. The minimum absolute atomic E-state index is 0.00632. The van der Waals surface area contributed by atoms with Gasteiger partial charge in [-0.05, 0) is 44.5 Å². The number of carbonyl (C=O) groups excluding carboxylic acids is 1. The van der Waals surface area contributed by atoms with Crippen LogP contribution in [0.3, 0.4) is 0 Å². The quantitative estimate of drug-likeness (QED) is 0.667. The fraction of sp³-hybridized carbons (Fsp3) is 0.350. The molecule has 0 fully saturated rings. The Bertz CT molecular complexity index is 933. The van der Waals surface area contributed by atoms with Gasteiger partial charge < -0.3 is 10.6 Å². The van der Waals surface area contributed by atoms with Crippen LogP contribution in [0.4, 0.5) is 10.2 Å². The molecule has 0 aliphatic rings. The molecule has 0 spiro atoms. The topological polar surface area (TPSA) is 71.3 Å². The summed E-state index contributed by atoms with van der Waals surface area (Å²) in [4.78, 5) is 20.9. The molecule has 0 aliphatic carbocycles. The van der Waals surface area contributed by atoms with Crippen molar-refractivity contribution in [1.82, 2.24) is 19.7 Å². The molecule has 6 nitrogen and oxygen atoms in total. The number of carbonyl (C=O) groups is 1. The minimum Gasteiger partial charge on any atom is -0.369 e. The highest BCUT2D eigenvalue weighted by molar-refractivity contribution is 5.79. The van der Waals surface area contributed by atoms with Crippen molar-refractivity contribution in [1.29, 1.82) is 0 Å². The summed E-state index contributed by atoms with van der Waals surface area (Å²) in [7, 11) is 0. The Kier molecular flexibility index (Phi) is 5.39. The molecule has 2 N–H and O–H groups in total. The van der Waals surface area contributed by atoms with Gasteiger partial charge in [-0.15, -0.1) is 0 Å². The summed E-state index contributed by atoms with van der Waals surface area (Å²) in [5.74, 6) is 0.448. The lowest BCUT2D eigenvalue weighted by molar-refractivity contribution is -0.122. The third kappa shape index (κ3) is 4.42. The first-order valence-electron chi connectivity index (χ1n) is 9.02. The van der Waals surface area contributed by atoms with Crippen LogP contribution in [-0.4, -0.2) is 32.4 Å². The number of imidazole rings is 1. The Morgan fingerprint density at radius 1 is 1.26 bits per heavy atom. The van der Waals surface area contributed by atoms with Crippen molar-refractivity contribution in [3.05, 3.63) is 48.7 Å². The maximum absolute atomic E-state index is 13.3. The molecule has 2 heterocycles. The van der Waals surface area contributed by atoms with Crippen molar-refractivity contribution in [3.63, 3.8) is 0 Å². The highest BCUT2D eigenvalue weighted by Gasteiger charge is 2.18. The van der Waals surface area contributed by atoms with Crippen LogP contribution in [0.25, 0.3) is 16.9 Å². The van der Waals surface area contributed by atoms with E-state index in [4.69, 9.17) is 0 Å². The van der Waals surface area contributed by atoms with Crippen molar-refractivity contribution in [2.24, 2.45) is 0 Å². The van der Waals surface area contributed by atoms with E-state index in [2.05, 4.69) is 20.6 Å². The van der Waals surface area contributed by atoms with Gasteiger partial charge in [-0.2, -0.15) is 0 Å². The smallest absolute Gasteiger partial charge is 0.222 e. The predicted molar refractivity (Wildman–Crippen MR) is 104 cm³/mol. The summed E-state index contributed by atoms with van der Waals surface area (Å²) in [6.07, 6.45) is 6.34. The average molecular weight is 369 g/mol. The van der Waals surface area contributed by atoms with E-state index in [9.17, 15) is 9.18 Å². The molecule has 0 bridgehead atoms. The number of hydrogen-bond acceptors (Lipinski definition) is 4. The molecule has 1 aromatic carbocycles. The lowest BCUT2D eigenvalue weighted by Crippen LogP contribution is -2.43. The first-order chi connectivity index (χ1) is 12.9. The van der Waals surface area contributed by atoms with E-state index in [1.807, 2.05) is 25.2 Å². The van der Waals surface area contributed by atoms with Crippen molar-refractivity contribution < 1.29 is 9.18 Å². The summed E-state index contributed by atoms with van der Waals surface area (Å²) in [6.45, 7) is 6.50. The van der Waals surface area contributed by atoms with Crippen LogP contribution < -0.4 is 10.6 Å². The van der Waals surface area contributed by atoms with E-state index in [0.29, 0.717) is 24.3 Å². The summed E-state index contributed by atoms with van der Waals surface area (Å²) in [6, 6.07) is 6.18. The van der Waals surface area contributed by atoms with Gasteiger partial charge >= 0.3 is 0 Å². The maximum atomic E-state index is 13.3. The Morgan fingerprint density at radius 3 is 2.70 bits per heavy atom. The van der Waals surface area contributed by atoms with Crippen LogP contribution in [0, 0.1) is 5.82 Å². The summed E-state index contributed by atoms with van der Waals surface area (Å²) in [5, 5.41) is 6.32. The molecule has 3 rings (SSSR count). The zero-order valence-corrected chi connectivity index (χ0v) is 15.8. The zero-order chi connectivity index (χ0) is 19.4. The number of benzene rings is 1. The van der Waals surface area contributed by atoms with Gasteiger partial charge in [0.05, 0.1) is 6.20 Å². The molecule has 0 saturated carbocycles. The van der Waals surface area contributed by atoms with E-state index >= 15 is 0 Å². The number of amides is 1. The molecule has 1 amide bonds. The monoisotopic (exact) mass is 369 g/mol. The van der Waals surface area contributed by atoms with Gasteiger partial charge in [0.2, 0.25) is 5.91 Å². The van der Waals surface area contributed by atoms with Crippen LogP contribution in [0.1, 0.15) is 33.6 Å². The van der Waals surface area contributed by atoms with Crippen LogP contribution >= 0.6 is 0 Å². The average Bonchev–Trinajstić information content (AvgIpc) is 3.01. The SMILES string of the molecule is CCC(C)(C)NC(=O)CCNc1c(-c2ccc(F)cc2)nc2cnccn12. The van der Waals surface area contributed by atoms with Gasteiger partial charge in [-0.1, -0.05) is 6.92 Å². The Labute approximate surface area is 157 Å². The molecule has 7 heteroatoms. The first kappa shape index (κ1) is 18.8. The number of nitrogens with zero attached hydrogens (tertiary/aromatic N) is 3. The second kappa shape index (κ2) is 7.73. The summed E-state index contributed by atoms with van der Waals surface area (Å²) in [5.41, 5.74) is 1.94. The van der Waals surface area contributed by atoms with E-state index in [0.717, 1.165) is 17.8 Å². The number of aromatic nitrogens is 3. The molecule has 0 atom stereocenters. The van der Waals surface area contributed by atoms with E-state index in [1.165, 1.54) is 12.1 Å². The molecule has 0 saturated heterocycles. The number of anilines is 1. The molecule has 2 aromatic heterocycles. The van der Waals surface area contributed by atoms with Crippen LogP contribution in [-0.2, 0) is 4.79 Å². The van der Waals surface area contributed by atoms with Crippen molar-refractivity contribution in [2.75, 3.05) is 11.9 Å². The number of nitrogens with one attached hydrogen (secondary N) is 2. The number of hydrogen-bond donors (Lipinski definition) is 2. The lowest BCUT2D eigenvalue weighted by Gasteiger charge is -2.24. The molecule has 0 aliphatic heterocycles. The number of rotatable bonds is 7. The predicted octanol–water partition coefficient (Wildman–Crippen LogP) is 3.64. The van der Waals surface area contributed by atoms with Gasteiger partial charge in [0.15, 0.2) is 5.65 Å². The fourth-order valence-electron chi connectivity index (χ4n) is 2.71. The van der Waals surface area contributed by atoms with Crippen LogP contribution in [0.2, 0.25) is 0 Å². The van der Waals surface area contributed by atoms with Crippen molar-refractivity contribution in [3.8, 4) is 11.3 Å². The highest BCUT2D eigenvalue weighted by Crippen LogP contribution is 2.28. The maximum Gasteiger partial charge on any atom is 0.222 e. The Balaban J connectivity index is 1.80. The van der Waals surface area contributed by atoms with Gasteiger partial charge in [0.1, 0.15) is 17.3 Å². The summed E-state index contributed by atoms with van der Waals surface area (Å²) >= 11 is 0. The third-order valence-electron chi connectivity index (χ3n) is 4.55.